The summed E-state index contributed by atoms with van der Waals surface area (Å²) in [5.41, 5.74) is 1.27. The summed E-state index contributed by atoms with van der Waals surface area (Å²) in [5.74, 6) is 1.36. The van der Waals surface area contributed by atoms with Crippen molar-refractivity contribution in [3.63, 3.8) is 0 Å². The number of nitrogens with zero attached hydrogens (tertiary/aromatic N) is 7. The Bertz CT molecular complexity index is 2050. The fraction of sp³-hybridized carbons (Fsp3) is 0.333. The first-order chi connectivity index (χ1) is 23.2. The maximum absolute atomic E-state index is 12.9. The van der Waals surface area contributed by atoms with Crippen LogP contribution in [0.5, 0.6) is 23.1 Å². The Morgan fingerprint density at radius 1 is 0.939 bits per heavy atom. The number of methoxy groups -OCH3 is 1. The van der Waals surface area contributed by atoms with Gasteiger partial charge in [-0.1, -0.05) is 51.1 Å². The first kappa shape index (κ1) is 35.5. The molecular weight excluding hydrogens is 665 g/mol. The molecule has 3 heterocycles. The summed E-state index contributed by atoms with van der Waals surface area (Å²) in [7, 11) is -4.78. The van der Waals surface area contributed by atoms with E-state index in [1.807, 2.05) is 6.92 Å². The maximum Gasteiger partial charge on any atom is 0.262 e. The lowest BCUT2D eigenvalue weighted by molar-refractivity contribution is 0.195. The van der Waals surface area contributed by atoms with E-state index < -0.39 is 18.3 Å². The molecule has 0 aliphatic carbocycles. The molecule has 16 heteroatoms. The minimum Gasteiger partial charge on any atom is -0.493 e. The molecule has 0 radical (unpaired) electrons. The Balaban J connectivity index is 1.70. The van der Waals surface area contributed by atoms with Gasteiger partial charge >= 0.3 is 0 Å². The third-order valence-electron chi connectivity index (χ3n) is 8.14. The lowest BCUT2D eigenvalue weighted by Gasteiger charge is -2.36. The summed E-state index contributed by atoms with van der Waals surface area (Å²) < 4.78 is 50.4. The molecule has 0 fully saturated rings. The fourth-order valence-electron chi connectivity index (χ4n) is 4.48. The number of aryl methyl sites for hydroxylation is 1. The van der Waals surface area contributed by atoms with Gasteiger partial charge in [-0.25, -0.2) is 18.5 Å². The number of hydrogen-bond donors (Lipinski definition) is 1. The van der Waals surface area contributed by atoms with Crippen LogP contribution in [0.15, 0.2) is 71.8 Å². The molecule has 5 aromatic rings. The summed E-state index contributed by atoms with van der Waals surface area (Å²) in [4.78, 5) is 15.4. The highest BCUT2D eigenvalue weighted by molar-refractivity contribution is 7.89. The van der Waals surface area contributed by atoms with Crippen LogP contribution in [0.1, 0.15) is 27.7 Å². The average molecular weight is 705 g/mol. The molecule has 14 nitrogen and oxygen atoms in total. The highest BCUT2D eigenvalue weighted by Crippen LogP contribution is 2.44. The van der Waals surface area contributed by atoms with Crippen LogP contribution in [0, 0.1) is 0 Å². The number of rotatable bonds is 13. The first-order valence-corrected chi connectivity index (χ1v) is 20.0. The number of hydrogen-bond acceptors (Lipinski definition) is 12. The van der Waals surface area contributed by atoms with Crippen molar-refractivity contribution in [2.24, 2.45) is 5.14 Å². The first-order valence-electron chi connectivity index (χ1n) is 15.6. The zero-order chi connectivity index (χ0) is 35.4. The van der Waals surface area contributed by atoms with Crippen LogP contribution in [0.2, 0.25) is 18.1 Å². The van der Waals surface area contributed by atoms with Crippen LogP contribution in [0.3, 0.4) is 0 Å². The van der Waals surface area contributed by atoms with E-state index in [1.54, 1.807) is 60.8 Å². The van der Waals surface area contributed by atoms with Gasteiger partial charge < -0.3 is 18.6 Å². The Labute approximate surface area is 286 Å². The van der Waals surface area contributed by atoms with Gasteiger partial charge in [-0.15, -0.1) is 10.2 Å². The third kappa shape index (κ3) is 8.10. The number of para-hydroxylation sites is 2. The third-order valence-corrected chi connectivity index (χ3v) is 13.6. The van der Waals surface area contributed by atoms with E-state index in [-0.39, 0.29) is 51.9 Å². The number of benzene rings is 2. The van der Waals surface area contributed by atoms with Crippen molar-refractivity contribution in [2.45, 2.75) is 57.3 Å². The monoisotopic (exact) mass is 704 g/mol. The van der Waals surface area contributed by atoms with Crippen LogP contribution in [0.25, 0.3) is 34.2 Å². The van der Waals surface area contributed by atoms with Crippen molar-refractivity contribution in [1.82, 2.24) is 35.2 Å². The molecule has 0 atom stereocenters. The molecule has 0 unspecified atom stereocenters. The molecule has 0 saturated carbocycles. The largest absolute Gasteiger partial charge is 0.493 e. The van der Waals surface area contributed by atoms with Crippen molar-refractivity contribution in [1.29, 1.82) is 0 Å². The van der Waals surface area contributed by atoms with Crippen molar-refractivity contribution < 1.29 is 27.1 Å². The van der Waals surface area contributed by atoms with Gasteiger partial charge in [0.15, 0.2) is 25.6 Å². The molecule has 0 saturated heterocycles. The van der Waals surface area contributed by atoms with Crippen LogP contribution in [-0.4, -0.2) is 72.2 Å². The topological polar surface area (TPSA) is 179 Å². The minimum atomic E-state index is -4.20. The molecule has 3 aromatic heterocycles. The SMILES string of the molecule is CCn1nnc(-c2cc(-c3nc(OCCO[Si](C)(C)C(C)(C)C)c(Oc4ccccc4OC)c(-c4ccccc4S(N)(=O)=O)n3)ccn2)n1. The van der Waals surface area contributed by atoms with Gasteiger partial charge in [0.25, 0.3) is 5.88 Å². The molecule has 258 valence electrons. The van der Waals surface area contributed by atoms with E-state index in [0.717, 1.165) is 0 Å². The number of ether oxygens (including phenoxy) is 3. The Kier molecular flexibility index (Phi) is 10.4. The van der Waals surface area contributed by atoms with Crippen molar-refractivity contribution in [3.05, 3.63) is 66.9 Å². The van der Waals surface area contributed by atoms with Crippen LogP contribution in [0.4, 0.5) is 0 Å². The number of aromatic nitrogens is 7. The Morgan fingerprint density at radius 2 is 1.65 bits per heavy atom. The lowest BCUT2D eigenvalue weighted by atomic mass is 10.1. The zero-order valence-electron chi connectivity index (χ0n) is 28.5. The maximum atomic E-state index is 12.9. The van der Waals surface area contributed by atoms with Crippen molar-refractivity contribution >= 4 is 18.3 Å². The molecule has 0 amide bonds. The lowest BCUT2D eigenvalue weighted by Crippen LogP contribution is -2.41. The Morgan fingerprint density at radius 3 is 2.33 bits per heavy atom. The van der Waals surface area contributed by atoms with Gasteiger partial charge in [-0.3, -0.25) is 4.98 Å². The van der Waals surface area contributed by atoms with Crippen molar-refractivity contribution in [3.8, 4) is 57.3 Å². The van der Waals surface area contributed by atoms with Gasteiger partial charge in [0, 0.05) is 17.3 Å². The highest BCUT2D eigenvalue weighted by Gasteiger charge is 2.37. The smallest absolute Gasteiger partial charge is 0.262 e. The predicted molar refractivity (Wildman–Crippen MR) is 186 cm³/mol. The minimum absolute atomic E-state index is 0.00575. The zero-order valence-corrected chi connectivity index (χ0v) is 30.4. The second kappa shape index (κ2) is 14.4. The Hall–Kier alpha value is -4.77. The van der Waals surface area contributed by atoms with Crippen LogP contribution >= 0.6 is 0 Å². The number of pyridine rings is 1. The number of sulfonamides is 1. The summed E-state index contributed by atoms with van der Waals surface area (Å²) in [6.45, 7) is 13.6. The second-order valence-electron chi connectivity index (χ2n) is 12.5. The van der Waals surface area contributed by atoms with Crippen LogP contribution in [-0.2, 0) is 21.0 Å². The van der Waals surface area contributed by atoms with E-state index in [9.17, 15) is 8.42 Å². The molecule has 2 aromatic carbocycles. The number of primary sulfonamides is 1. The van der Waals surface area contributed by atoms with E-state index >= 15 is 0 Å². The van der Waals surface area contributed by atoms with E-state index in [2.05, 4.69) is 54.3 Å². The van der Waals surface area contributed by atoms with E-state index in [0.29, 0.717) is 35.1 Å². The van der Waals surface area contributed by atoms with Gasteiger partial charge in [-0.2, -0.15) is 9.78 Å². The molecular formula is C33H40N8O6SSi. The predicted octanol–water partition coefficient (Wildman–Crippen LogP) is 5.73. The number of tetrazole rings is 1. The van der Waals surface area contributed by atoms with Gasteiger partial charge in [0.2, 0.25) is 21.6 Å². The number of nitrogens with two attached hydrogens (primary N) is 1. The highest BCUT2D eigenvalue weighted by atomic mass is 32.2. The average Bonchev–Trinajstić information content (AvgIpc) is 3.56. The summed E-state index contributed by atoms with van der Waals surface area (Å²) >= 11 is 0. The summed E-state index contributed by atoms with van der Waals surface area (Å²) in [6.07, 6.45) is 1.57. The molecule has 0 spiro atoms. The molecule has 5 rings (SSSR count). The molecule has 0 aliphatic heterocycles. The van der Waals surface area contributed by atoms with Gasteiger partial charge in [-0.05, 0) is 60.6 Å². The second-order valence-corrected chi connectivity index (χ2v) is 18.9. The fourth-order valence-corrected chi connectivity index (χ4v) is 6.24. The van der Waals surface area contributed by atoms with E-state index in [1.165, 1.54) is 18.0 Å². The molecule has 2 N–H and O–H groups in total. The van der Waals surface area contributed by atoms with Crippen LogP contribution < -0.4 is 19.3 Å². The quantitative estimate of drug-likeness (QED) is 0.116. The molecule has 49 heavy (non-hydrogen) atoms. The molecule has 0 bridgehead atoms. The van der Waals surface area contributed by atoms with Gasteiger partial charge in [0.1, 0.15) is 18.0 Å². The van der Waals surface area contributed by atoms with E-state index in [4.69, 9.17) is 33.7 Å². The summed E-state index contributed by atoms with van der Waals surface area (Å²) in [5, 5.41) is 18.2. The standard InChI is InChI=1S/C33H40N8O6SSi/c1-8-41-39-31(38-40-41)24-21-22(17-18-35-24)30-36-28(23-13-9-12-16-27(23)48(34,42)43)29(47-26-15-11-10-14-25(26)44-5)32(37-30)45-19-20-46-49(6,7)33(2,3)4/h9-18,21H,8,19-20H2,1-7H3,(H2,34,42,43). The molecule has 0 aliphatic rings. The van der Waals surface area contributed by atoms with Gasteiger partial charge in [0.05, 0.1) is 25.2 Å². The summed E-state index contributed by atoms with van der Waals surface area (Å²) in [6, 6.07) is 16.7. The van der Waals surface area contributed by atoms with Crippen molar-refractivity contribution in [2.75, 3.05) is 20.3 Å². The normalized spacial score (nSPS) is 12.2.